The maximum Gasteiger partial charge on any atom is 0.0635 e. The van der Waals surface area contributed by atoms with Crippen LogP contribution in [-0.4, -0.2) is 23.4 Å². The zero-order chi connectivity index (χ0) is 11.3. The minimum atomic E-state index is 0.638. The summed E-state index contributed by atoms with van der Waals surface area (Å²) >= 11 is 3.56. The van der Waals surface area contributed by atoms with Crippen molar-refractivity contribution in [2.24, 2.45) is 5.92 Å². The van der Waals surface area contributed by atoms with E-state index in [4.69, 9.17) is 0 Å². The maximum absolute atomic E-state index is 4.37. The highest BCUT2D eigenvalue weighted by Crippen LogP contribution is 2.19. The van der Waals surface area contributed by atoms with E-state index < -0.39 is 0 Å². The van der Waals surface area contributed by atoms with Crippen molar-refractivity contribution < 1.29 is 0 Å². The number of halogens is 1. The van der Waals surface area contributed by atoms with Gasteiger partial charge in [0.25, 0.3) is 0 Å². The van der Waals surface area contributed by atoms with Crippen molar-refractivity contribution in [2.45, 2.75) is 33.2 Å². The molecule has 1 heterocycles. The smallest absolute Gasteiger partial charge is 0.0635 e. The zero-order valence-corrected chi connectivity index (χ0v) is 11.3. The van der Waals surface area contributed by atoms with Crippen LogP contribution < -0.4 is 5.32 Å². The van der Waals surface area contributed by atoms with Gasteiger partial charge in [-0.2, -0.15) is 5.10 Å². The Kier molecular flexibility index (Phi) is 5.32. The van der Waals surface area contributed by atoms with Crippen molar-refractivity contribution in [2.75, 3.05) is 13.6 Å². The van der Waals surface area contributed by atoms with Crippen molar-refractivity contribution in [3.05, 3.63) is 16.4 Å². The third-order valence-electron chi connectivity index (χ3n) is 2.43. The molecule has 0 aliphatic heterocycles. The number of aryl methyl sites for hydroxylation is 1. The molecule has 0 aromatic carbocycles. The first kappa shape index (κ1) is 12.7. The highest BCUT2D eigenvalue weighted by molar-refractivity contribution is 9.10. The van der Waals surface area contributed by atoms with Crippen LogP contribution in [0.4, 0.5) is 0 Å². The molecule has 0 saturated heterocycles. The van der Waals surface area contributed by atoms with Gasteiger partial charge in [-0.15, -0.1) is 0 Å². The fourth-order valence-corrected chi connectivity index (χ4v) is 2.20. The largest absolute Gasteiger partial charge is 0.319 e. The normalized spacial score (nSPS) is 13.1. The van der Waals surface area contributed by atoms with Gasteiger partial charge < -0.3 is 5.32 Å². The number of aromatic nitrogens is 2. The van der Waals surface area contributed by atoms with Crippen LogP contribution in [0.1, 0.15) is 26.0 Å². The van der Waals surface area contributed by atoms with Crippen molar-refractivity contribution in [3.8, 4) is 0 Å². The van der Waals surface area contributed by atoms with Gasteiger partial charge in [0.05, 0.1) is 16.4 Å². The van der Waals surface area contributed by atoms with Gasteiger partial charge in [-0.3, -0.25) is 4.68 Å². The fourth-order valence-electron chi connectivity index (χ4n) is 1.75. The molecule has 4 heteroatoms. The molecule has 0 bridgehead atoms. The summed E-state index contributed by atoms with van der Waals surface area (Å²) in [6, 6.07) is 0. The molecule has 0 aliphatic carbocycles. The number of nitrogens with one attached hydrogen (secondary N) is 1. The zero-order valence-electron chi connectivity index (χ0n) is 9.76. The van der Waals surface area contributed by atoms with Gasteiger partial charge in [0.15, 0.2) is 0 Å². The molecule has 1 atom stereocenters. The molecule has 0 spiro atoms. The quantitative estimate of drug-likeness (QED) is 0.863. The summed E-state index contributed by atoms with van der Waals surface area (Å²) in [6.45, 7) is 6.49. The minimum Gasteiger partial charge on any atom is -0.319 e. The van der Waals surface area contributed by atoms with E-state index in [1.54, 1.807) is 0 Å². The van der Waals surface area contributed by atoms with Crippen molar-refractivity contribution in [3.63, 3.8) is 0 Å². The van der Waals surface area contributed by atoms with Crippen LogP contribution in [0.25, 0.3) is 0 Å². The molecule has 86 valence electrons. The molecule has 0 aliphatic rings. The predicted octanol–water partition coefficient (Wildman–Crippen LogP) is 2.45. The van der Waals surface area contributed by atoms with Crippen LogP contribution in [-0.2, 0) is 13.0 Å². The summed E-state index contributed by atoms with van der Waals surface area (Å²) in [4.78, 5) is 0. The van der Waals surface area contributed by atoms with Gasteiger partial charge in [-0.25, -0.2) is 0 Å². The second-order valence-electron chi connectivity index (χ2n) is 4.03. The lowest BCUT2D eigenvalue weighted by molar-refractivity contribution is 0.497. The van der Waals surface area contributed by atoms with Gasteiger partial charge in [0.1, 0.15) is 0 Å². The summed E-state index contributed by atoms with van der Waals surface area (Å²) in [6.07, 6.45) is 4.10. The molecule has 0 fully saturated rings. The second kappa shape index (κ2) is 6.28. The molecular formula is C11H20BrN3. The monoisotopic (exact) mass is 273 g/mol. The van der Waals surface area contributed by atoms with E-state index in [9.17, 15) is 0 Å². The second-order valence-corrected chi connectivity index (χ2v) is 4.88. The highest BCUT2D eigenvalue weighted by atomic mass is 79.9. The van der Waals surface area contributed by atoms with Crippen molar-refractivity contribution in [1.82, 2.24) is 15.1 Å². The Morgan fingerprint density at radius 2 is 2.33 bits per heavy atom. The number of rotatable bonds is 6. The van der Waals surface area contributed by atoms with Crippen LogP contribution in [0.5, 0.6) is 0 Å². The van der Waals surface area contributed by atoms with Gasteiger partial charge in [0.2, 0.25) is 0 Å². The number of hydrogen-bond acceptors (Lipinski definition) is 2. The van der Waals surface area contributed by atoms with E-state index in [-0.39, 0.29) is 0 Å². The highest BCUT2D eigenvalue weighted by Gasteiger charge is 2.11. The fraction of sp³-hybridized carbons (Fsp3) is 0.727. The number of hydrogen-bond donors (Lipinski definition) is 1. The first-order valence-electron chi connectivity index (χ1n) is 5.53. The van der Waals surface area contributed by atoms with E-state index in [0.29, 0.717) is 5.92 Å². The van der Waals surface area contributed by atoms with Gasteiger partial charge in [0, 0.05) is 6.54 Å². The maximum atomic E-state index is 4.37. The van der Waals surface area contributed by atoms with E-state index >= 15 is 0 Å². The third kappa shape index (κ3) is 3.61. The SMILES string of the molecule is CCCn1ncc(Br)c1CC(C)CNC. The Morgan fingerprint density at radius 3 is 2.93 bits per heavy atom. The van der Waals surface area contributed by atoms with E-state index in [0.717, 1.165) is 30.4 Å². The van der Waals surface area contributed by atoms with E-state index in [1.165, 1.54) is 5.69 Å². The Bertz CT molecular complexity index is 296. The van der Waals surface area contributed by atoms with Crippen LogP contribution in [0.3, 0.4) is 0 Å². The molecular weight excluding hydrogens is 254 g/mol. The summed E-state index contributed by atoms with van der Waals surface area (Å²) < 4.78 is 3.25. The molecule has 15 heavy (non-hydrogen) atoms. The average molecular weight is 274 g/mol. The summed E-state index contributed by atoms with van der Waals surface area (Å²) in [5.74, 6) is 0.638. The Labute approximate surface area is 100 Å². The van der Waals surface area contributed by atoms with E-state index in [1.807, 2.05) is 13.2 Å². The standard InChI is InChI=1S/C11H20BrN3/c1-4-5-15-11(10(12)8-14-15)6-9(2)7-13-3/h8-9,13H,4-7H2,1-3H3. The van der Waals surface area contributed by atoms with E-state index in [2.05, 4.69) is 44.9 Å². The van der Waals surface area contributed by atoms with Crippen molar-refractivity contribution in [1.29, 1.82) is 0 Å². The molecule has 1 rings (SSSR count). The Hall–Kier alpha value is -0.350. The van der Waals surface area contributed by atoms with Crippen LogP contribution in [0, 0.1) is 5.92 Å². The molecule has 3 nitrogen and oxygen atoms in total. The van der Waals surface area contributed by atoms with Crippen LogP contribution >= 0.6 is 15.9 Å². The predicted molar refractivity (Wildman–Crippen MR) is 67.0 cm³/mol. The third-order valence-corrected chi connectivity index (χ3v) is 3.09. The molecule has 1 aromatic rings. The van der Waals surface area contributed by atoms with Crippen LogP contribution in [0.15, 0.2) is 10.7 Å². The summed E-state index contributed by atoms with van der Waals surface area (Å²) in [7, 11) is 1.99. The lowest BCUT2D eigenvalue weighted by Gasteiger charge is -2.12. The average Bonchev–Trinajstić information content (AvgIpc) is 2.51. The molecule has 1 N–H and O–H groups in total. The van der Waals surface area contributed by atoms with Gasteiger partial charge in [-0.05, 0) is 48.3 Å². The topological polar surface area (TPSA) is 29.9 Å². The van der Waals surface area contributed by atoms with Gasteiger partial charge in [-0.1, -0.05) is 13.8 Å². The summed E-state index contributed by atoms with van der Waals surface area (Å²) in [5.41, 5.74) is 1.32. The molecule has 1 aromatic heterocycles. The Balaban J connectivity index is 2.69. The van der Waals surface area contributed by atoms with Crippen molar-refractivity contribution >= 4 is 15.9 Å². The first-order chi connectivity index (χ1) is 7.19. The lowest BCUT2D eigenvalue weighted by Crippen LogP contribution is -2.19. The van der Waals surface area contributed by atoms with Gasteiger partial charge >= 0.3 is 0 Å². The molecule has 0 saturated carbocycles. The lowest BCUT2D eigenvalue weighted by atomic mass is 10.1. The molecule has 0 radical (unpaired) electrons. The van der Waals surface area contributed by atoms with Crippen LogP contribution in [0.2, 0.25) is 0 Å². The first-order valence-corrected chi connectivity index (χ1v) is 6.33. The minimum absolute atomic E-state index is 0.638. The Morgan fingerprint density at radius 1 is 1.60 bits per heavy atom. The number of nitrogens with zero attached hydrogens (tertiary/aromatic N) is 2. The molecule has 0 amide bonds. The summed E-state index contributed by atoms with van der Waals surface area (Å²) in [5, 5.41) is 7.57. The molecule has 1 unspecified atom stereocenters.